The third kappa shape index (κ3) is 1.54. The van der Waals surface area contributed by atoms with Gasteiger partial charge in [-0.1, -0.05) is 5.16 Å². The molecule has 1 aliphatic rings. The van der Waals surface area contributed by atoms with E-state index in [0.29, 0.717) is 0 Å². The molecule has 0 bridgehead atoms. The molecule has 0 unspecified atom stereocenters. The smallest absolute Gasteiger partial charge is 0.361 e. The number of aromatic nitrogens is 3. The summed E-state index contributed by atoms with van der Waals surface area (Å²) in [6.45, 7) is 1.72. The van der Waals surface area contributed by atoms with Gasteiger partial charge in [-0.2, -0.15) is 0 Å². The number of hydrogen-bond donors (Lipinski definition) is 0. The van der Waals surface area contributed by atoms with E-state index in [-0.39, 0.29) is 35.0 Å². The SMILES string of the molecule is CCOC(=O)c1noc2c1C(=O)c1nccnc1C2=O. The van der Waals surface area contributed by atoms with Crippen LogP contribution in [0, 0.1) is 0 Å². The Balaban J connectivity index is 2.18. The molecule has 100 valence electrons. The highest BCUT2D eigenvalue weighted by molar-refractivity contribution is 6.27. The predicted molar refractivity (Wildman–Crippen MR) is 61.4 cm³/mol. The molecule has 2 heterocycles. The molecule has 0 aromatic carbocycles. The van der Waals surface area contributed by atoms with Gasteiger partial charge in [0, 0.05) is 12.4 Å². The molecule has 0 saturated carbocycles. The second-order valence-corrected chi connectivity index (χ2v) is 3.87. The van der Waals surface area contributed by atoms with E-state index in [4.69, 9.17) is 9.26 Å². The number of hydrogen-bond acceptors (Lipinski definition) is 8. The van der Waals surface area contributed by atoms with Gasteiger partial charge in [-0.15, -0.1) is 0 Å². The van der Waals surface area contributed by atoms with Crippen LogP contribution in [0.2, 0.25) is 0 Å². The lowest BCUT2D eigenvalue weighted by Gasteiger charge is -2.10. The van der Waals surface area contributed by atoms with Gasteiger partial charge in [-0.25, -0.2) is 14.8 Å². The highest BCUT2D eigenvalue weighted by Crippen LogP contribution is 2.27. The van der Waals surface area contributed by atoms with Crippen LogP contribution in [0.25, 0.3) is 0 Å². The van der Waals surface area contributed by atoms with E-state index in [0.717, 1.165) is 0 Å². The van der Waals surface area contributed by atoms with Crippen LogP contribution in [0.3, 0.4) is 0 Å². The van der Waals surface area contributed by atoms with E-state index in [1.54, 1.807) is 6.92 Å². The second kappa shape index (κ2) is 4.34. The molecule has 0 spiro atoms. The lowest BCUT2D eigenvalue weighted by atomic mass is 9.94. The summed E-state index contributed by atoms with van der Waals surface area (Å²) in [4.78, 5) is 43.7. The quantitative estimate of drug-likeness (QED) is 0.617. The van der Waals surface area contributed by atoms with Gasteiger partial charge in [-0.05, 0) is 6.92 Å². The first kappa shape index (κ1) is 12.2. The largest absolute Gasteiger partial charge is 0.461 e. The van der Waals surface area contributed by atoms with E-state index in [1.807, 2.05) is 0 Å². The van der Waals surface area contributed by atoms with Gasteiger partial charge >= 0.3 is 5.97 Å². The summed E-state index contributed by atoms with van der Waals surface area (Å²) in [5, 5.41) is 3.45. The highest BCUT2D eigenvalue weighted by Gasteiger charge is 2.40. The van der Waals surface area contributed by atoms with Crippen molar-refractivity contribution in [3.05, 3.63) is 40.8 Å². The topological polar surface area (TPSA) is 112 Å². The molecule has 2 aromatic rings. The Bertz CT molecular complexity index is 749. The highest BCUT2D eigenvalue weighted by atomic mass is 16.5. The molecule has 0 saturated heterocycles. The fourth-order valence-electron chi connectivity index (χ4n) is 1.89. The molecule has 0 aliphatic heterocycles. The minimum Gasteiger partial charge on any atom is -0.461 e. The Kier molecular flexibility index (Phi) is 2.63. The molecule has 0 N–H and O–H groups in total. The molecule has 0 fully saturated rings. The number of ether oxygens (including phenoxy) is 1. The summed E-state index contributed by atoms with van der Waals surface area (Å²) in [5.41, 5.74) is -0.784. The van der Waals surface area contributed by atoms with Crippen molar-refractivity contribution in [2.75, 3.05) is 6.61 Å². The average Bonchev–Trinajstić information content (AvgIpc) is 2.90. The van der Waals surface area contributed by atoms with Crippen LogP contribution in [0.5, 0.6) is 0 Å². The minimum atomic E-state index is -0.828. The van der Waals surface area contributed by atoms with Crippen LogP contribution >= 0.6 is 0 Å². The molecular weight excluding hydrogens is 266 g/mol. The van der Waals surface area contributed by atoms with Gasteiger partial charge in [0.2, 0.25) is 17.2 Å². The summed E-state index contributed by atoms with van der Waals surface area (Å²) in [6, 6.07) is 0. The number of fused-ring (bicyclic) bond motifs is 2. The van der Waals surface area contributed by atoms with Gasteiger partial charge in [0.25, 0.3) is 5.78 Å². The van der Waals surface area contributed by atoms with Crippen LogP contribution in [-0.4, -0.2) is 39.3 Å². The van der Waals surface area contributed by atoms with E-state index in [2.05, 4.69) is 15.1 Å². The van der Waals surface area contributed by atoms with Crippen molar-refractivity contribution in [1.29, 1.82) is 0 Å². The monoisotopic (exact) mass is 273 g/mol. The maximum Gasteiger partial charge on any atom is 0.361 e. The van der Waals surface area contributed by atoms with Crippen molar-refractivity contribution in [3.8, 4) is 0 Å². The molecule has 8 nitrogen and oxygen atoms in total. The first-order chi connectivity index (χ1) is 9.65. The van der Waals surface area contributed by atoms with Crippen LogP contribution in [0.1, 0.15) is 49.7 Å². The van der Waals surface area contributed by atoms with Crippen LogP contribution < -0.4 is 0 Å². The number of carbonyl (C=O) groups is 3. The van der Waals surface area contributed by atoms with Crippen molar-refractivity contribution < 1.29 is 23.6 Å². The molecule has 0 amide bonds. The standard InChI is InChI=1S/C12H7N3O5/c1-2-19-12(18)6-5-9(16)7-8(14-4-3-13-7)10(17)11(5)20-15-6/h3-4H,2H2,1H3. The maximum atomic E-state index is 12.3. The average molecular weight is 273 g/mol. The normalized spacial score (nSPS) is 12.8. The zero-order valence-corrected chi connectivity index (χ0v) is 10.2. The van der Waals surface area contributed by atoms with Gasteiger partial charge in [-0.3, -0.25) is 9.59 Å². The van der Waals surface area contributed by atoms with E-state index in [1.165, 1.54) is 12.4 Å². The molecule has 3 rings (SSSR count). The lowest BCUT2D eigenvalue weighted by molar-refractivity contribution is 0.0512. The zero-order chi connectivity index (χ0) is 14.3. The third-order valence-electron chi connectivity index (χ3n) is 2.72. The van der Waals surface area contributed by atoms with Gasteiger partial charge in [0.15, 0.2) is 0 Å². The Labute approximate surface area is 111 Å². The summed E-state index contributed by atoms with van der Waals surface area (Å²) in [5.74, 6) is -2.41. The molecule has 8 heteroatoms. The molecule has 2 aromatic heterocycles. The first-order valence-corrected chi connectivity index (χ1v) is 5.72. The van der Waals surface area contributed by atoms with Crippen molar-refractivity contribution in [1.82, 2.24) is 15.1 Å². The van der Waals surface area contributed by atoms with E-state index < -0.39 is 17.5 Å². The molecule has 0 atom stereocenters. The predicted octanol–water partition coefficient (Wildman–Crippen LogP) is 0.417. The zero-order valence-electron chi connectivity index (χ0n) is 10.2. The lowest BCUT2D eigenvalue weighted by Crippen LogP contribution is -2.24. The first-order valence-electron chi connectivity index (χ1n) is 5.72. The number of rotatable bonds is 2. The summed E-state index contributed by atoms with van der Waals surface area (Å²) < 4.78 is 9.57. The van der Waals surface area contributed by atoms with Crippen LogP contribution in [-0.2, 0) is 4.74 Å². The van der Waals surface area contributed by atoms with Crippen molar-refractivity contribution >= 4 is 17.5 Å². The number of esters is 1. The van der Waals surface area contributed by atoms with Crippen LogP contribution in [0.15, 0.2) is 16.9 Å². The summed E-state index contributed by atoms with van der Waals surface area (Å²) >= 11 is 0. The molecule has 1 aliphatic carbocycles. The maximum absolute atomic E-state index is 12.3. The van der Waals surface area contributed by atoms with Crippen molar-refractivity contribution in [2.45, 2.75) is 6.92 Å². The molecular formula is C12H7N3O5. The molecule has 0 radical (unpaired) electrons. The van der Waals surface area contributed by atoms with Crippen molar-refractivity contribution in [3.63, 3.8) is 0 Å². The third-order valence-corrected chi connectivity index (χ3v) is 2.72. The van der Waals surface area contributed by atoms with Gasteiger partial charge in [0.05, 0.1) is 6.61 Å². The summed E-state index contributed by atoms with van der Waals surface area (Å²) in [7, 11) is 0. The Morgan fingerprint density at radius 1 is 1.20 bits per heavy atom. The van der Waals surface area contributed by atoms with Crippen molar-refractivity contribution in [2.24, 2.45) is 0 Å². The fourth-order valence-corrected chi connectivity index (χ4v) is 1.89. The van der Waals surface area contributed by atoms with E-state index in [9.17, 15) is 14.4 Å². The molecule has 20 heavy (non-hydrogen) atoms. The second-order valence-electron chi connectivity index (χ2n) is 3.87. The fraction of sp³-hybridized carbons (Fsp3) is 0.167. The summed E-state index contributed by atoms with van der Waals surface area (Å²) in [6.07, 6.45) is 2.57. The Hall–Kier alpha value is -2.90. The Morgan fingerprint density at radius 3 is 2.50 bits per heavy atom. The van der Waals surface area contributed by atoms with Crippen LogP contribution in [0.4, 0.5) is 0 Å². The Morgan fingerprint density at radius 2 is 1.85 bits per heavy atom. The van der Waals surface area contributed by atoms with Gasteiger partial charge < -0.3 is 9.26 Å². The van der Waals surface area contributed by atoms with Gasteiger partial charge in [0.1, 0.15) is 17.0 Å². The van der Waals surface area contributed by atoms with E-state index >= 15 is 0 Å². The number of ketones is 2. The minimum absolute atomic E-state index is 0.110. The number of carbonyl (C=O) groups excluding carboxylic acids is 3. The number of nitrogens with zero attached hydrogens (tertiary/aromatic N) is 3.